The minimum absolute atomic E-state index is 0.117. The van der Waals surface area contributed by atoms with Crippen molar-refractivity contribution in [3.05, 3.63) is 27.4 Å². The van der Waals surface area contributed by atoms with Gasteiger partial charge in [0.2, 0.25) is 0 Å². The van der Waals surface area contributed by atoms with Gasteiger partial charge in [0, 0.05) is 22.7 Å². The van der Waals surface area contributed by atoms with Crippen LogP contribution in [0.15, 0.2) is 6.20 Å². The van der Waals surface area contributed by atoms with Crippen LogP contribution in [0.3, 0.4) is 0 Å². The fourth-order valence-corrected chi connectivity index (χ4v) is 2.19. The largest absolute Gasteiger partial charge is 0.476 e. The highest BCUT2D eigenvalue weighted by Crippen LogP contribution is 2.34. The second kappa shape index (κ2) is 6.78. The Balaban J connectivity index is 3.23. The van der Waals surface area contributed by atoms with Gasteiger partial charge < -0.3 is 14.9 Å². The molecule has 0 aliphatic rings. The standard InChI is InChI=1S/C11H15BrN2O5/c1-6-7(10(16)8(15)3-4-12)5-13-11(19-2)9(6)14(17)18/h5,8,10,15-16H,3-4H2,1-2H3. The third-order valence-corrected chi connectivity index (χ3v) is 3.23. The summed E-state index contributed by atoms with van der Waals surface area (Å²) in [5.74, 6) is -0.117. The number of hydrogen-bond acceptors (Lipinski definition) is 6. The molecule has 2 N–H and O–H groups in total. The first-order valence-corrected chi connectivity index (χ1v) is 6.66. The van der Waals surface area contributed by atoms with E-state index in [1.165, 1.54) is 20.2 Å². The van der Waals surface area contributed by atoms with Gasteiger partial charge in [-0.15, -0.1) is 0 Å². The van der Waals surface area contributed by atoms with E-state index in [4.69, 9.17) is 4.74 Å². The lowest BCUT2D eigenvalue weighted by molar-refractivity contribution is -0.386. The summed E-state index contributed by atoms with van der Waals surface area (Å²) >= 11 is 3.15. The van der Waals surface area contributed by atoms with Crippen LogP contribution in [-0.4, -0.2) is 38.7 Å². The smallest absolute Gasteiger partial charge is 0.334 e. The molecular formula is C11H15BrN2O5. The first-order valence-electron chi connectivity index (χ1n) is 5.54. The molecule has 1 heterocycles. The summed E-state index contributed by atoms with van der Waals surface area (Å²) < 4.78 is 4.83. The lowest BCUT2D eigenvalue weighted by Gasteiger charge is -2.19. The van der Waals surface area contributed by atoms with E-state index in [0.717, 1.165) is 0 Å². The van der Waals surface area contributed by atoms with Crippen molar-refractivity contribution in [2.75, 3.05) is 12.4 Å². The van der Waals surface area contributed by atoms with Crippen LogP contribution < -0.4 is 4.74 Å². The molecule has 19 heavy (non-hydrogen) atoms. The number of halogens is 1. The van der Waals surface area contributed by atoms with Crippen LogP contribution >= 0.6 is 15.9 Å². The van der Waals surface area contributed by atoms with Crippen molar-refractivity contribution in [3.8, 4) is 5.88 Å². The van der Waals surface area contributed by atoms with Gasteiger partial charge in [-0.3, -0.25) is 10.1 Å². The summed E-state index contributed by atoms with van der Waals surface area (Å²) in [5.41, 5.74) is 0.156. The Bertz CT molecular complexity index is 469. The molecule has 0 fully saturated rings. The molecule has 0 aliphatic carbocycles. The molecule has 0 aromatic carbocycles. The molecule has 106 valence electrons. The maximum Gasteiger partial charge on any atom is 0.334 e. The highest BCUT2D eigenvalue weighted by molar-refractivity contribution is 9.09. The van der Waals surface area contributed by atoms with E-state index >= 15 is 0 Å². The van der Waals surface area contributed by atoms with Crippen molar-refractivity contribution >= 4 is 21.6 Å². The first kappa shape index (κ1) is 15.8. The van der Waals surface area contributed by atoms with Gasteiger partial charge in [-0.05, 0) is 13.3 Å². The molecule has 0 saturated heterocycles. The number of pyridine rings is 1. The van der Waals surface area contributed by atoms with Crippen LogP contribution in [-0.2, 0) is 0 Å². The van der Waals surface area contributed by atoms with Crippen LogP contribution in [0, 0.1) is 17.0 Å². The van der Waals surface area contributed by atoms with Gasteiger partial charge in [0.25, 0.3) is 5.88 Å². The van der Waals surface area contributed by atoms with Crippen molar-refractivity contribution in [2.45, 2.75) is 25.6 Å². The highest BCUT2D eigenvalue weighted by Gasteiger charge is 2.28. The normalized spacial score (nSPS) is 13.9. The second-order valence-corrected chi connectivity index (χ2v) is 4.74. The predicted molar refractivity (Wildman–Crippen MR) is 71.6 cm³/mol. The van der Waals surface area contributed by atoms with Crippen LogP contribution in [0.5, 0.6) is 5.88 Å². The Morgan fingerprint density at radius 1 is 1.58 bits per heavy atom. The van der Waals surface area contributed by atoms with Crippen LogP contribution in [0.2, 0.25) is 0 Å². The topological polar surface area (TPSA) is 106 Å². The van der Waals surface area contributed by atoms with E-state index in [1.807, 2.05) is 0 Å². The Hall–Kier alpha value is -1.25. The maximum absolute atomic E-state index is 11.0. The molecule has 8 heteroatoms. The molecule has 1 aromatic heterocycles. The van der Waals surface area contributed by atoms with E-state index in [9.17, 15) is 20.3 Å². The van der Waals surface area contributed by atoms with Crippen molar-refractivity contribution in [3.63, 3.8) is 0 Å². The molecule has 1 aromatic rings. The van der Waals surface area contributed by atoms with Gasteiger partial charge in [0.05, 0.1) is 18.1 Å². The maximum atomic E-state index is 11.0. The summed E-state index contributed by atoms with van der Waals surface area (Å²) in [6, 6.07) is 0. The zero-order chi connectivity index (χ0) is 14.6. The molecule has 0 saturated carbocycles. The van der Waals surface area contributed by atoms with E-state index < -0.39 is 17.1 Å². The predicted octanol–water partition coefficient (Wildman–Crippen LogP) is 1.49. The average Bonchev–Trinajstić information content (AvgIpc) is 2.37. The zero-order valence-corrected chi connectivity index (χ0v) is 12.1. The molecule has 2 atom stereocenters. The van der Waals surface area contributed by atoms with Gasteiger partial charge in [-0.2, -0.15) is 0 Å². The number of aliphatic hydroxyl groups excluding tert-OH is 2. The fraction of sp³-hybridized carbons (Fsp3) is 0.545. The summed E-state index contributed by atoms with van der Waals surface area (Å²) in [4.78, 5) is 14.2. The van der Waals surface area contributed by atoms with Gasteiger partial charge in [-0.25, -0.2) is 4.98 Å². The Morgan fingerprint density at radius 2 is 2.21 bits per heavy atom. The molecule has 7 nitrogen and oxygen atoms in total. The van der Waals surface area contributed by atoms with E-state index in [2.05, 4.69) is 20.9 Å². The minimum Gasteiger partial charge on any atom is -0.476 e. The number of alkyl halides is 1. The molecule has 0 amide bonds. The first-order chi connectivity index (χ1) is 8.93. The monoisotopic (exact) mass is 334 g/mol. The number of rotatable bonds is 6. The number of nitrogens with zero attached hydrogens (tertiary/aromatic N) is 2. The van der Waals surface area contributed by atoms with E-state index in [1.54, 1.807) is 0 Å². The Labute approximate surface area is 118 Å². The number of aromatic nitrogens is 1. The van der Waals surface area contributed by atoms with Crippen molar-refractivity contribution < 1.29 is 19.9 Å². The number of nitro groups is 1. The SMILES string of the molecule is COc1ncc(C(O)C(O)CCBr)c(C)c1[N+](=O)[O-]. The molecule has 0 bridgehead atoms. The fourth-order valence-electron chi connectivity index (χ4n) is 1.72. The van der Waals surface area contributed by atoms with Gasteiger partial charge in [0.15, 0.2) is 0 Å². The lowest BCUT2D eigenvalue weighted by Crippen LogP contribution is -2.20. The van der Waals surface area contributed by atoms with Crippen LogP contribution in [0.1, 0.15) is 23.7 Å². The number of ether oxygens (including phenoxy) is 1. The highest BCUT2D eigenvalue weighted by atomic mass is 79.9. The van der Waals surface area contributed by atoms with Crippen LogP contribution in [0.4, 0.5) is 5.69 Å². The van der Waals surface area contributed by atoms with E-state index in [0.29, 0.717) is 11.8 Å². The van der Waals surface area contributed by atoms with Gasteiger partial charge in [-0.1, -0.05) is 15.9 Å². The molecule has 0 spiro atoms. The number of methoxy groups -OCH3 is 1. The lowest BCUT2D eigenvalue weighted by atomic mass is 9.99. The molecular weight excluding hydrogens is 320 g/mol. The third-order valence-electron chi connectivity index (χ3n) is 2.78. The van der Waals surface area contributed by atoms with E-state index in [-0.39, 0.29) is 22.7 Å². The zero-order valence-electron chi connectivity index (χ0n) is 10.5. The molecule has 2 unspecified atom stereocenters. The van der Waals surface area contributed by atoms with Crippen molar-refractivity contribution in [1.29, 1.82) is 0 Å². The molecule has 0 aliphatic heterocycles. The molecule has 1 rings (SSSR count). The number of hydrogen-bond donors (Lipinski definition) is 2. The minimum atomic E-state index is -1.23. The van der Waals surface area contributed by atoms with Gasteiger partial charge in [0.1, 0.15) is 6.10 Å². The summed E-state index contributed by atoms with van der Waals surface area (Å²) in [7, 11) is 1.28. The Kier molecular flexibility index (Phi) is 5.64. The van der Waals surface area contributed by atoms with Gasteiger partial charge >= 0.3 is 5.69 Å². The number of aliphatic hydroxyl groups is 2. The molecule has 0 radical (unpaired) electrons. The second-order valence-electron chi connectivity index (χ2n) is 3.94. The summed E-state index contributed by atoms with van der Waals surface area (Å²) in [6.45, 7) is 1.49. The summed E-state index contributed by atoms with van der Waals surface area (Å²) in [6.07, 6.45) is -0.647. The Morgan fingerprint density at radius 3 is 2.68 bits per heavy atom. The quantitative estimate of drug-likeness (QED) is 0.463. The summed E-state index contributed by atoms with van der Waals surface area (Å²) in [5, 5.41) is 31.3. The van der Waals surface area contributed by atoms with Crippen LogP contribution in [0.25, 0.3) is 0 Å². The third kappa shape index (κ3) is 3.40. The van der Waals surface area contributed by atoms with Crippen molar-refractivity contribution in [1.82, 2.24) is 4.98 Å². The average molecular weight is 335 g/mol. The van der Waals surface area contributed by atoms with Crippen molar-refractivity contribution in [2.24, 2.45) is 0 Å².